The van der Waals surface area contributed by atoms with E-state index in [9.17, 15) is 0 Å². The van der Waals surface area contributed by atoms with Crippen LogP contribution in [0.1, 0.15) is 20.3 Å². The van der Waals surface area contributed by atoms with Crippen molar-refractivity contribution in [2.45, 2.75) is 26.3 Å². The standard InChI is InChI=1S/C11H25NO3/c1-4-6-14-7-8-15-10-11(9-13-3)12-5-2/h11-12H,4-10H2,1-3H3. The summed E-state index contributed by atoms with van der Waals surface area (Å²) in [6.45, 7) is 8.63. The van der Waals surface area contributed by atoms with Gasteiger partial charge in [0.15, 0.2) is 0 Å². The van der Waals surface area contributed by atoms with Crippen LogP contribution in [0.15, 0.2) is 0 Å². The fraction of sp³-hybridized carbons (Fsp3) is 1.00. The van der Waals surface area contributed by atoms with Gasteiger partial charge in [-0.15, -0.1) is 0 Å². The molecule has 0 aromatic rings. The molecule has 1 unspecified atom stereocenters. The lowest BCUT2D eigenvalue weighted by Crippen LogP contribution is -2.37. The smallest absolute Gasteiger partial charge is 0.0701 e. The van der Waals surface area contributed by atoms with E-state index in [4.69, 9.17) is 14.2 Å². The number of nitrogens with one attached hydrogen (secondary N) is 1. The number of likely N-dealkylation sites (N-methyl/N-ethyl adjacent to an activating group) is 1. The van der Waals surface area contributed by atoms with Crippen molar-refractivity contribution in [2.24, 2.45) is 0 Å². The van der Waals surface area contributed by atoms with E-state index in [2.05, 4.69) is 19.2 Å². The third kappa shape index (κ3) is 10.1. The van der Waals surface area contributed by atoms with Crippen LogP contribution in [-0.4, -0.2) is 52.7 Å². The summed E-state index contributed by atoms with van der Waals surface area (Å²) >= 11 is 0. The first-order chi connectivity index (χ1) is 7.35. The normalized spacial score (nSPS) is 13.0. The molecule has 0 aromatic carbocycles. The highest BCUT2D eigenvalue weighted by atomic mass is 16.5. The van der Waals surface area contributed by atoms with E-state index in [0.29, 0.717) is 26.4 Å². The van der Waals surface area contributed by atoms with Crippen molar-refractivity contribution in [1.82, 2.24) is 5.32 Å². The summed E-state index contributed by atoms with van der Waals surface area (Å²) < 4.78 is 15.9. The van der Waals surface area contributed by atoms with Crippen molar-refractivity contribution in [2.75, 3.05) is 46.7 Å². The monoisotopic (exact) mass is 219 g/mol. The molecule has 0 aliphatic heterocycles. The second-order valence-corrected chi connectivity index (χ2v) is 3.40. The average Bonchev–Trinajstić information content (AvgIpc) is 2.24. The second kappa shape index (κ2) is 11.9. The van der Waals surface area contributed by atoms with Crippen molar-refractivity contribution < 1.29 is 14.2 Å². The fourth-order valence-corrected chi connectivity index (χ4v) is 1.25. The number of hydrogen-bond donors (Lipinski definition) is 1. The Morgan fingerprint density at radius 2 is 1.73 bits per heavy atom. The highest BCUT2D eigenvalue weighted by molar-refractivity contribution is 4.63. The molecular formula is C11H25NO3. The van der Waals surface area contributed by atoms with Crippen LogP contribution in [0.4, 0.5) is 0 Å². The largest absolute Gasteiger partial charge is 0.383 e. The van der Waals surface area contributed by atoms with Crippen molar-refractivity contribution in [3.63, 3.8) is 0 Å². The molecular weight excluding hydrogens is 194 g/mol. The number of rotatable bonds is 11. The van der Waals surface area contributed by atoms with Gasteiger partial charge in [-0.3, -0.25) is 0 Å². The summed E-state index contributed by atoms with van der Waals surface area (Å²) in [6.07, 6.45) is 1.06. The van der Waals surface area contributed by atoms with Crippen LogP contribution in [0.25, 0.3) is 0 Å². The first-order valence-electron chi connectivity index (χ1n) is 5.72. The van der Waals surface area contributed by atoms with Gasteiger partial charge in [0.25, 0.3) is 0 Å². The Morgan fingerprint density at radius 3 is 2.33 bits per heavy atom. The Bertz CT molecular complexity index is 116. The molecule has 0 saturated carbocycles. The topological polar surface area (TPSA) is 39.7 Å². The molecule has 0 radical (unpaired) electrons. The Kier molecular flexibility index (Phi) is 11.8. The molecule has 0 aliphatic rings. The van der Waals surface area contributed by atoms with E-state index >= 15 is 0 Å². The molecule has 4 nitrogen and oxygen atoms in total. The van der Waals surface area contributed by atoms with Gasteiger partial charge in [-0.2, -0.15) is 0 Å². The van der Waals surface area contributed by atoms with Crippen molar-refractivity contribution >= 4 is 0 Å². The van der Waals surface area contributed by atoms with Crippen molar-refractivity contribution in [3.8, 4) is 0 Å². The maximum atomic E-state index is 5.48. The molecule has 0 heterocycles. The second-order valence-electron chi connectivity index (χ2n) is 3.40. The zero-order valence-electron chi connectivity index (χ0n) is 10.3. The molecule has 0 bridgehead atoms. The Balaban J connectivity index is 3.28. The molecule has 0 spiro atoms. The number of ether oxygens (including phenoxy) is 3. The quantitative estimate of drug-likeness (QED) is 0.527. The van der Waals surface area contributed by atoms with Gasteiger partial charge in [-0.25, -0.2) is 0 Å². The van der Waals surface area contributed by atoms with Crippen LogP contribution in [0, 0.1) is 0 Å². The minimum atomic E-state index is 0.283. The van der Waals surface area contributed by atoms with Crippen LogP contribution in [0.3, 0.4) is 0 Å². The van der Waals surface area contributed by atoms with E-state index in [0.717, 1.165) is 19.6 Å². The van der Waals surface area contributed by atoms with E-state index in [1.54, 1.807) is 7.11 Å². The molecule has 0 fully saturated rings. The third-order valence-corrected chi connectivity index (χ3v) is 1.90. The summed E-state index contributed by atoms with van der Waals surface area (Å²) in [5.74, 6) is 0. The SMILES string of the molecule is CCCOCCOCC(COC)NCC. The number of hydrogen-bond acceptors (Lipinski definition) is 4. The molecule has 0 rings (SSSR count). The molecule has 15 heavy (non-hydrogen) atoms. The minimum Gasteiger partial charge on any atom is -0.383 e. The molecule has 92 valence electrons. The van der Waals surface area contributed by atoms with Crippen LogP contribution >= 0.6 is 0 Å². The Labute approximate surface area is 93.3 Å². The molecule has 1 atom stereocenters. The Morgan fingerprint density at radius 1 is 1.00 bits per heavy atom. The van der Waals surface area contributed by atoms with E-state index in [1.807, 2.05) is 0 Å². The van der Waals surface area contributed by atoms with Crippen LogP contribution < -0.4 is 5.32 Å². The van der Waals surface area contributed by atoms with Gasteiger partial charge in [0.05, 0.1) is 32.5 Å². The van der Waals surface area contributed by atoms with Crippen LogP contribution in [0.5, 0.6) is 0 Å². The zero-order chi connectivity index (χ0) is 11.4. The van der Waals surface area contributed by atoms with Crippen molar-refractivity contribution in [3.05, 3.63) is 0 Å². The molecule has 0 saturated heterocycles. The lowest BCUT2D eigenvalue weighted by molar-refractivity contribution is 0.0279. The van der Waals surface area contributed by atoms with Gasteiger partial charge in [0.1, 0.15) is 0 Å². The van der Waals surface area contributed by atoms with Gasteiger partial charge in [0.2, 0.25) is 0 Å². The molecule has 0 aliphatic carbocycles. The average molecular weight is 219 g/mol. The minimum absolute atomic E-state index is 0.283. The number of methoxy groups -OCH3 is 1. The highest BCUT2D eigenvalue weighted by Gasteiger charge is 2.05. The molecule has 0 amide bonds. The van der Waals surface area contributed by atoms with Crippen molar-refractivity contribution in [1.29, 1.82) is 0 Å². The summed E-state index contributed by atoms with van der Waals surface area (Å²) in [5, 5.41) is 3.29. The predicted molar refractivity (Wildman–Crippen MR) is 61.3 cm³/mol. The lowest BCUT2D eigenvalue weighted by Gasteiger charge is -2.16. The first kappa shape index (κ1) is 14.8. The predicted octanol–water partition coefficient (Wildman–Crippen LogP) is 1.05. The molecule has 4 heteroatoms. The zero-order valence-corrected chi connectivity index (χ0v) is 10.3. The van der Waals surface area contributed by atoms with E-state index in [-0.39, 0.29) is 6.04 Å². The van der Waals surface area contributed by atoms with Gasteiger partial charge in [-0.05, 0) is 13.0 Å². The first-order valence-corrected chi connectivity index (χ1v) is 5.72. The highest BCUT2D eigenvalue weighted by Crippen LogP contribution is 1.88. The lowest BCUT2D eigenvalue weighted by atomic mass is 10.3. The van der Waals surface area contributed by atoms with Crippen LogP contribution in [0.2, 0.25) is 0 Å². The maximum absolute atomic E-state index is 5.48. The molecule has 1 N–H and O–H groups in total. The summed E-state index contributed by atoms with van der Waals surface area (Å²) in [7, 11) is 1.70. The summed E-state index contributed by atoms with van der Waals surface area (Å²) in [4.78, 5) is 0. The third-order valence-electron chi connectivity index (χ3n) is 1.90. The Hall–Kier alpha value is -0.160. The maximum Gasteiger partial charge on any atom is 0.0701 e. The van der Waals surface area contributed by atoms with Gasteiger partial charge < -0.3 is 19.5 Å². The van der Waals surface area contributed by atoms with Crippen LogP contribution in [-0.2, 0) is 14.2 Å². The fourth-order valence-electron chi connectivity index (χ4n) is 1.25. The van der Waals surface area contributed by atoms with Gasteiger partial charge >= 0.3 is 0 Å². The summed E-state index contributed by atoms with van der Waals surface area (Å²) in [6, 6.07) is 0.283. The van der Waals surface area contributed by atoms with E-state index < -0.39 is 0 Å². The van der Waals surface area contributed by atoms with E-state index in [1.165, 1.54) is 0 Å². The summed E-state index contributed by atoms with van der Waals surface area (Å²) in [5.41, 5.74) is 0. The molecule has 0 aromatic heterocycles. The van der Waals surface area contributed by atoms with Gasteiger partial charge in [-0.1, -0.05) is 13.8 Å². The van der Waals surface area contributed by atoms with Gasteiger partial charge in [0, 0.05) is 13.7 Å².